The van der Waals surface area contributed by atoms with Gasteiger partial charge < -0.3 is 5.32 Å². The highest BCUT2D eigenvalue weighted by molar-refractivity contribution is 7.89. The molecule has 2 aromatic carbocycles. The Labute approximate surface area is 144 Å². The van der Waals surface area contributed by atoms with Gasteiger partial charge in [-0.3, -0.25) is 14.9 Å². The van der Waals surface area contributed by atoms with Crippen LogP contribution in [0, 0.1) is 10.1 Å². The molecular weight excluding hydrogens is 346 g/mol. The van der Waals surface area contributed by atoms with E-state index in [2.05, 4.69) is 5.32 Å². The van der Waals surface area contributed by atoms with Crippen LogP contribution in [0.1, 0.15) is 11.1 Å². The molecule has 130 valence electrons. The van der Waals surface area contributed by atoms with Crippen molar-refractivity contribution in [1.82, 2.24) is 5.32 Å². The molecule has 0 unspecified atom stereocenters. The van der Waals surface area contributed by atoms with Crippen molar-refractivity contribution in [3.63, 3.8) is 0 Å². The van der Waals surface area contributed by atoms with E-state index in [-0.39, 0.29) is 23.0 Å². The number of nitrogens with two attached hydrogens (primary N) is 1. The van der Waals surface area contributed by atoms with Gasteiger partial charge in [-0.05, 0) is 41.5 Å². The molecule has 0 spiro atoms. The molecule has 2 rings (SSSR count). The summed E-state index contributed by atoms with van der Waals surface area (Å²) in [5, 5.41) is 18.2. The number of nitrogens with zero attached hydrogens (tertiary/aromatic N) is 1. The van der Waals surface area contributed by atoms with Crippen molar-refractivity contribution in [2.45, 2.75) is 11.4 Å². The molecule has 0 fully saturated rings. The van der Waals surface area contributed by atoms with Crippen LogP contribution in [0.15, 0.2) is 59.5 Å². The molecule has 0 radical (unpaired) electrons. The average molecular weight is 361 g/mol. The summed E-state index contributed by atoms with van der Waals surface area (Å²) in [6, 6.07) is 11.6. The molecule has 0 bridgehead atoms. The number of carbonyl (C=O) groups is 1. The summed E-state index contributed by atoms with van der Waals surface area (Å²) in [7, 11) is -3.74. The van der Waals surface area contributed by atoms with Crippen LogP contribution in [0.5, 0.6) is 0 Å². The molecule has 0 heterocycles. The number of benzene rings is 2. The number of hydrogen-bond donors (Lipinski definition) is 2. The van der Waals surface area contributed by atoms with Gasteiger partial charge in [-0.1, -0.05) is 12.1 Å². The van der Waals surface area contributed by atoms with Crippen molar-refractivity contribution in [3.8, 4) is 0 Å². The van der Waals surface area contributed by atoms with E-state index >= 15 is 0 Å². The molecule has 3 N–H and O–H groups in total. The van der Waals surface area contributed by atoms with E-state index in [0.717, 1.165) is 0 Å². The lowest BCUT2D eigenvalue weighted by Gasteiger charge is -2.04. The van der Waals surface area contributed by atoms with Crippen LogP contribution in [-0.2, 0) is 21.4 Å². The van der Waals surface area contributed by atoms with Gasteiger partial charge in [-0.15, -0.1) is 0 Å². The quantitative estimate of drug-likeness (QED) is 0.458. The summed E-state index contributed by atoms with van der Waals surface area (Å²) < 4.78 is 22.3. The highest BCUT2D eigenvalue weighted by Crippen LogP contribution is 2.13. The molecule has 0 saturated carbocycles. The largest absolute Gasteiger partial charge is 0.348 e. The third kappa shape index (κ3) is 5.52. The Morgan fingerprint density at radius 1 is 1.12 bits per heavy atom. The van der Waals surface area contributed by atoms with E-state index in [4.69, 9.17) is 5.14 Å². The standard InChI is InChI=1S/C16H15N3O5S/c17-25(23,24)15-8-3-13(4-9-15)11-18-16(20)10-5-12-1-6-14(7-2-12)19(21)22/h1-10H,11H2,(H,18,20)(H2,17,23,24). The van der Waals surface area contributed by atoms with Gasteiger partial charge in [0.25, 0.3) is 5.69 Å². The fourth-order valence-electron chi connectivity index (χ4n) is 1.92. The maximum Gasteiger partial charge on any atom is 0.269 e. The molecular formula is C16H15N3O5S. The fourth-order valence-corrected chi connectivity index (χ4v) is 2.44. The Kier molecular flexibility index (Phi) is 5.63. The minimum absolute atomic E-state index is 0.000596. The molecule has 0 aliphatic heterocycles. The SMILES string of the molecule is NS(=O)(=O)c1ccc(CNC(=O)C=Cc2ccc([N+](=O)[O-])cc2)cc1. The summed E-state index contributed by atoms with van der Waals surface area (Å²) in [4.78, 5) is 21.8. The number of nitro benzene ring substituents is 1. The Morgan fingerprint density at radius 3 is 2.24 bits per heavy atom. The van der Waals surface area contributed by atoms with Crippen molar-refractivity contribution in [1.29, 1.82) is 0 Å². The topological polar surface area (TPSA) is 132 Å². The Morgan fingerprint density at radius 2 is 1.72 bits per heavy atom. The first-order chi connectivity index (χ1) is 11.8. The van der Waals surface area contributed by atoms with Gasteiger partial charge in [0, 0.05) is 24.8 Å². The predicted molar refractivity (Wildman–Crippen MR) is 91.8 cm³/mol. The summed E-state index contributed by atoms with van der Waals surface area (Å²) in [5.41, 5.74) is 1.34. The van der Waals surface area contributed by atoms with Crippen LogP contribution in [0.4, 0.5) is 5.69 Å². The van der Waals surface area contributed by atoms with E-state index in [1.54, 1.807) is 12.1 Å². The van der Waals surface area contributed by atoms with Gasteiger partial charge in [-0.25, -0.2) is 13.6 Å². The van der Waals surface area contributed by atoms with E-state index in [1.807, 2.05) is 0 Å². The van der Waals surface area contributed by atoms with Crippen molar-refractivity contribution in [2.24, 2.45) is 5.14 Å². The second kappa shape index (κ2) is 7.69. The minimum atomic E-state index is -3.74. The first kappa shape index (κ1) is 18.3. The van der Waals surface area contributed by atoms with Gasteiger partial charge in [0.1, 0.15) is 0 Å². The summed E-state index contributed by atoms with van der Waals surface area (Å²) in [6.45, 7) is 0.217. The molecule has 25 heavy (non-hydrogen) atoms. The lowest BCUT2D eigenvalue weighted by molar-refractivity contribution is -0.384. The van der Waals surface area contributed by atoms with Crippen molar-refractivity contribution in [3.05, 3.63) is 75.8 Å². The number of rotatable bonds is 6. The van der Waals surface area contributed by atoms with Crippen LogP contribution < -0.4 is 10.5 Å². The zero-order valence-electron chi connectivity index (χ0n) is 13.0. The number of primary sulfonamides is 1. The van der Waals surface area contributed by atoms with E-state index < -0.39 is 14.9 Å². The van der Waals surface area contributed by atoms with E-state index in [9.17, 15) is 23.3 Å². The summed E-state index contributed by atoms with van der Waals surface area (Å²) in [5.74, 6) is -0.353. The van der Waals surface area contributed by atoms with Gasteiger partial charge in [0.2, 0.25) is 15.9 Å². The first-order valence-electron chi connectivity index (χ1n) is 7.08. The first-order valence-corrected chi connectivity index (χ1v) is 8.62. The Hall–Kier alpha value is -3.04. The molecule has 0 saturated heterocycles. The zero-order valence-corrected chi connectivity index (χ0v) is 13.8. The number of amides is 1. The maximum absolute atomic E-state index is 11.8. The summed E-state index contributed by atoms with van der Waals surface area (Å²) in [6.07, 6.45) is 2.84. The van der Waals surface area contributed by atoms with Gasteiger partial charge >= 0.3 is 0 Å². The number of sulfonamides is 1. The molecule has 1 amide bonds. The number of nitrogens with one attached hydrogen (secondary N) is 1. The molecule has 0 aliphatic carbocycles. The number of carbonyl (C=O) groups excluding carboxylic acids is 1. The van der Waals surface area contributed by atoms with Crippen LogP contribution >= 0.6 is 0 Å². The molecule has 0 aliphatic rings. The zero-order chi connectivity index (χ0) is 18.4. The summed E-state index contributed by atoms with van der Waals surface area (Å²) >= 11 is 0. The fraction of sp³-hybridized carbons (Fsp3) is 0.0625. The monoisotopic (exact) mass is 361 g/mol. The highest BCUT2D eigenvalue weighted by Gasteiger charge is 2.07. The third-order valence-electron chi connectivity index (χ3n) is 3.25. The second-order valence-electron chi connectivity index (χ2n) is 5.09. The smallest absolute Gasteiger partial charge is 0.269 e. The average Bonchev–Trinajstić information content (AvgIpc) is 2.58. The highest BCUT2D eigenvalue weighted by atomic mass is 32.2. The molecule has 0 aromatic heterocycles. The van der Waals surface area contributed by atoms with Crippen molar-refractivity contribution >= 4 is 27.7 Å². The van der Waals surface area contributed by atoms with Crippen LogP contribution in [0.25, 0.3) is 6.08 Å². The van der Waals surface area contributed by atoms with Gasteiger partial charge in [-0.2, -0.15) is 0 Å². The third-order valence-corrected chi connectivity index (χ3v) is 4.18. The minimum Gasteiger partial charge on any atom is -0.348 e. The number of hydrogen-bond acceptors (Lipinski definition) is 5. The molecule has 9 heteroatoms. The lowest BCUT2D eigenvalue weighted by Crippen LogP contribution is -2.20. The van der Waals surface area contributed by atoms with E-state index in [1.165, 1.54) is 48.6 Å². The van der Waals surface area contributed by atoms with E-state index in [0.29, 0.717) is 11.1 Å². The van der Waals surface area contributed by atoms with Crippen LogP contribution in [-0.4, -0.2) is 19.2 Å². The maximum atomic E-state index is 11.8. The Balaban J connectivity index is 1.90. The number of nitro groups is 1. The van der Waals surface area contributed by atoms with Crippen LogP contribution in [0.3, 0.4) is 0 Å². The van der Waals surface area contributed by atoms with Crippen molar-refractivity contribution in [2.75, 3.05) is 0 Å². The van der Waals surface area contributed by atoms with Gasteiger partial charge in [0.05, 0.1) is 9.82 Å². The Bertz CT molecular complexity index is 904. The lowest BCUT2D eigenvalue weighted by atomic mass is 10.2. The molecule has 0 atom stereocenters. The normalized spacial score (nSPS) is 11.4. The predicted octanol–water partition coefficient (Wildman–Crippen LogP) is 1.57. The van der Waals surface area contributed by atoms with Gasteiger partial charge in [0.15, 0.2) is 0 Å². The van der Waals surface area contributed by atoms with Crippen LogP contribution in [0.2, 0.25) is 0 Å². The number of non-ortho nitro benzene ring substituents is 1. The van der Waals surface area contributed by atoms with Crippen molar-refractivity contribution < 1.29 is 18.1 Å². The molecule has 8 nitrogen and oxygen atoms in total. The molecule has 2 aromatic rings. The second-order valence-corrected chi connectivity index (χ2v) is 6.65.